The number of benzene rings is 1. The van der Waals surface area contributed by atoms with Gasteiger partial charge in [-0.15, -0.1) is 0 Å². The Morgan fingerprint density at radius 1 is 1.50 bits per heavy atom. The number of hydrogen-bond donors (Lipinski definition) is 2. The van der Waals surface area contributed by atoms with Crippen LogP contribution in [0.5, 0.6) is 0 Å². The fourth-order valence-corrected chi connectivity index (χ4v) is 2.47. The second-order valence-corrected chi connectivity index (χ2v) is 5.54. The molecule has 0 heterocycles. The first kappa shape index (κ1) is 12.0. The van der Waals surface area contributed by atoms with Gasteiger partial charge in [0.15, 0.2) is 0 Å². The summed E-state index contributed by atoms with van der Waals surface area (Å²) >= 11 is 2.31. The summed E-state index contributed by atoms with van der Waals surface area (Å²) in [5, 5.41) is 3.45. The zero-order valence-corrected chi connectivity index (χ0v) is 11.7. The van der Waals surface area contributed by atoms with E-state index in [-0.39, 0.29) is 0 Å². The Bertz CT molecular complexity index is 363. The lowest BCUT2D eigenvalue weighted by Crippen LogP contribution is -2.27. The van der Waals surface area contributed by atoms with Gasteiger partial charge >= 0.3 is 0 Å². The van der Waals surface area contributed by atoms with Gasteiger partial charge in [-0.2, -0.15) is 0 Å². The fourth-order valence-electron chi connectivity index (χ4n) is 1.74. The van der Waals surface area contributed by atoms with Crippen LogP contribution in [0.15, 0.2) is 18.2 Å². The highest BCUT2D eigenvalue weighted by molar-refractivity contribution is 14.1. The van der Waals surface area contributed by atoms with Crippen molar-refractivity contribution in [2.45, 2.75) is 18.9 Å². The van der Waals surface area contributed by atoms with Crippen LogP contribution in [0.4, 0.5) is 11.4 Å². The highest BCUT2D eigenvalue weighted by Gasteiger charge is 2.25. The van der Waals surface area contributed by atoms with Gasteiger partial charge in [-0.1, -0.05) is 0 Å². The minimum atomic E-state index is 0.824. The average Bonchev–Trinajstić information content (AvgIpc) is 3.04. The first-order valence-electron chi connectivity index (χ1n) is 5.66. The summed E-state index contributed by atoms with van der Waals surface area (Å²) in [5.74, 6) is 0. The average molecular weight is 331 g/mol. The monoisotopic (exact) mass is 331 g/mol. The summed E-state index contributed by atoms with van der Waals surface area (Å²) in [7, 11) is 2.20. The van der Waals surface area contributed by atoms with Crippen molar-refractivity contribution in [1.29, 1.82) is 0 Å². The van der Waals surface area contributed by atoms with Gasteiger partial charge in [-0.05, 0) is 60.7 Å². The van der Waals surface area contributed by atoms with Crippen molar-refractivity contribution in [1.82, 2.24) is 4.90 Å². The lowest BCUT2D eigenvalue weighted by Gasteiger charge is -2.16. The zero-order valence-electron chi connectivity index (χ0n) is 9.54. The van der Waals surface area contributed by atoms with Gasteiger partial charge in [0.05, 0.1) is 0 Å². The summed E-state index contributed by atoms with van der Waals surface area (Å²) < 4.78 is 1.19. The molecule has 1 aromatic rings. The van der Waals surface area contributed by atoms with Crippen molar-refractivity contribution >= 4 is 34.0 Å². The second kappa shape index (κ2) is 5.23. The SMILES string of the molecule is CN(CCNc1ccc(N)cc1I)C1CC1. The highest BCUT2D eigenvalue weighted by atomic mass is 127. The number of nitrogens with zero attached hydrogens (tertiary/aromatic N) is 1. The standard InChI is InChI=1S/C12H18IN3/c1-16(10-3-4-10)7-6-15-12-5-2-9(14)8-11(12)13/h2,5,8,10,15H,3-4,6-7,14H2,1H3. The Balaban J connectivity index is 1.80. The van der Waals surface area contributed by atoms with Crippen LogP contribution in [-0.2, 0) is 0 Å². The number of nitrogens with one attached hydrogen (secondary N) is 1. The van der Waals surface area contributed by atoms with Crippen LogP contribution in [0.1, 0.15) is 12.8 Å². The number of likely N-dealkylation sites (N-methyl/N-ethyl adjacent to an activating group) is 1. The van der Waals surface area contributed by atoms with Crippen LogP contribution in [-0.4, -0.2) is 31.1 Å². The normalized spacial score (nSPS) is 15.4. The molecule has 0 bridgehead atoms. The van der Waals surface area contributed by atoms with Crippen LogP contribution >= 0.6 is 22.6 Å². The number of nitrogens with two attached hydrogens (primary N) is 1. The number of rotatable bonds is 5. The maximum Gasteiger partial charge on any atom is 0.0477 e. The molecule has 0 spiro atoms. The molecule has 1 saturated carbocycles. The van der Waals surface area contributed by atoms with Crippen molar-refractivity contribution in [2.24, 2.45) is 0 Å². The molecule has 3 nitrogen and oxygen atoms in total. The number of nitrogen functional groups attached to an aromatic ring is 1. The molecule has 0 aromatic heterocycles. The van der Waals surface area contributed by atoms with E-state index in [0.717, 1.165) is 24.8 Å². The van der Waals surface area contributed by atoms with E-state index in [1.165, 1.54) is 22.1 Å². The van der Waals surface area contributed by atoms with E-state index in [2.05, 4.69) is 39.9 Å². The van der Waals surface area contributed by atoms with Crippen molar-refractivity contribution < 1.29 is 0 Å². The Morgan fingerprint density at radius 2 is 2.25 bits per heavy atom. The Morgan fingerprint density at radius 3 is 2.88 bits per heavy atom. The van der Waals surface area contributed by atoms with Crippen molar-refractivity contribution in [3.8, 4) is 0 Å². The summed E-state index contributed by atoms with van der Waals surface area (Å²) in [4.78, 5) is 2.43. The molecule has 16 heavy (non-hydrogen) atoms. The quantitative estimate of drug-likeness (QED) is 0.643. The summed E-state index contributed by atoms with van der Waals surface area (Å²) in [6.07, 6.45) is 2.74. The van der Waals surface area contributed by atoms with Gasteiger partial charge in [-0.3, -0.25) is 0 Å². The summed E-state index contributed by atoms with van der Waals surface area (Å²) in [6.45, 7) is 2.10. The highest BCUT2D eigenvalue weighted by Crippen LogP contribution is 2.25. The van der Waals surface area contributed by atoms with Gasteiger partial charge in [0.1, 0.15) is 0 Å². The van der Waals surface area contributed by atoms with Crippen LogP contribution in [0.3, 0.4) is 0 Å². The molecule has 2 rings (SSSR count). The first-order chi connectivity index (χ1) is 7.66. The molecule has 0 amide bonds. The molecule has 1 fully saturated rings. The van der Waals surface area contributed by atoms with E-state index in [1.54, 1.807) is 0 Å². The largest absolute Gasteiger partial charge is 0.399 e. The number of anilines is 2. The van der Waals surface area contributed by atoms with E-state index < -0.39 is 0 Å². The van der Waals surface area contributed by atoms with E-state index in [1.807, 2.05) is 18.2 Å². The molecule has 0 unspecified atom stereocenters. The molecule has 0 atom stereocenters. The molecular weight excluding hydrogens is 313 g/mol. The third-order valence-corrected chi connectivity index (χ3v) is 3.84. The summed E-state index contributed by atoms with van der Waals surface area (Å²) in [6, 6.07) is 6.82. The maximum absolute atomic E-state index is 5.71. The summed E-state index contributed by atoms with van der Waals surface area (Å²) in [5.41, 5.74) is 7.72. The predicted octanol–water partition coefficient (Wildman–Crippen LogP) is 2.38. The minimum absolute atomic E-state index is 0.824. The second-order valence-electron chi connectivity index (χ2n) is 4.38. The lowest BCUT2D eigenvalue weighted by atomic mass is 10.3. The number of halogens is 1. The van der Waals surface area contributed by atoms with Crippen LogP contribution in [0.2, 0.25) is 0 Å². The predicted molar refractivity (Wildman–Crippen MR) is 77.7 cm³/mol. The lowest BCUT2D eigenvalue weighted by molar-refractivity contribution is 0.337. The Hall–Kier alpha value is -0.490. The van der Waals surface area contributed by atoms with Gasteiger partial charge in [0, 0.05) is 34.1 Å². The van der Waals surface area contributed by atoms with Gasteiger partial charge in [0.2, 0.25) is 0 Å². The van der Waals surface area contributed by atoms with Crippen molar-refractivity contribution in [3.05, 3.63) is 21.8 Å². The van der Waals surface area contributed by atoms with Crippen LogP contribution < -0.4 is 11.1 Å². The van der Waals surface area contributed by atoms with E-state index >= 15 is 0 Å². The molecule has 0 saturated heterocycles. The van der Waals surface area contributed by atoms with Crippen LogP contribution in [0.25, 0.3) is 0 Å². The minimum Gasteiger partial charge on any atom is -0.399 e. The molecule has 1 aliphatic rings. The molecule has 4 heteroatoms. The molecular formula is C12H18IN3. The van der Waals surface area contributed by atoms with E-state index in [0.29, 0.717) is 0 Å². The molecule has 1 aromatic carbocycles. The van der Waals surface area contributed by atoms with Crippen molar-refractivity contribution in [3.63, 3.8) is 0 Å². The molecule has 88 valence electrons. The third kappa shape index (κ3) is 3.25. The van der Waals surface area contributed by atoms with E-state index in [9.17, 15) is 0 Å². The Labute approximate surface area is 111 Å². The Kier molecular flexibility index (Phi) is 3.91. The topological polar surface area (TPSA) is 41.3 Å². The van der Waals surface area contributed by atoms with Gasteiger partial charge < -0.3 is 16.0 Å². The maximum atomic E-state index is 5.71. The van der Waals surface area contributed by atoms with E-state index in [4.69, 9.17) is 5.73 Å². The van der Waals surface area contributed by atoms with Gasteiger partial charge in [-0.25, -0.2) is 0 Å². The van der Waals surface area contributed by atoms with Gasteiger partial charge in [0.25, 0.3) is 0 Å². The molecule has 3 N–H and O–H groups in total. The van der Waals surface area contributed by atoms with Crippen molar-refractivity contribution in [2.75, 3.05) is 31.2 Å². The smallest absolute Gasteiger partial charge is 0.0477 e. The molecule has 0 radical (unpaired) electrons. The fraction of sp³-hybridized carbons (Fsp3) is 0.500. The van der Waals surface area contributed by atoms with Crippen LogP contribution in [0, 0.1) is 3.57 Å². The third-order valence-electron chi connectivity index (χ3n) is 2.94. The number of hydrogen-bond acceptors (Lipinski definition) is 3. The molecule has 1 aliphatic carbocycles. The zero-order chi connectivity index (χ0) is 11.5. The molecule has 0 aliphatic heterocycles. The first-order valence-corrected chi connectivity index (χ1v) is 6.74.